The number of ether oxygens (including phenoxy) is 2. The highest BCUT2D eigenvalue weighted by Crippen LogP contribution is 1.80. The van der Waals surface area contributed by atoms with E-state index in [4.69, 9.17) is 4.74 Å². The van der Waals surface area contributed by atoms with Crippen molar-refractivity contribution in [2.75, 3.05) is 34.9 Å². The van der Waals surface area contributed by atoms with Crippen molar-refractivity contribution in [2.45, 2.75) is 13.0 Å². The van der Waals surface area contributed by atoms with Crippen LogP contribution in [-0.4, -0.2) is 41.0 Å². The lowest BCUT2D eigenvalue weighted by atomic mass is 10.4. The Morgan fingerprint density at radius 3 is 1.80 bits per heavy atom. The Kier molecular flexibility index (Phi) is 14.6. The summed E-state index contributed by atoms with van der Waals surface area (Å²) in [5.74, 6) is 0. The van der Waals surface area contributed by atoms with Gasteiger partial charge in [-0.15, -0.1) is 0 Å². The summed E-state index contributed by atoms with van der Waals surface area (Å²) in [5.41, 5.74) is 0. The molecule has 0 aliphatic carbocycles. The lowest BCUT2D eigenvalue weighted by molar-refractivity contribution is 0.119. The predicted molar refractivity (Wildman–Crippen MR) is 43.3 cm³/mol. The standard InChI is InChI=1S/C5H13NO.C2H6O/c1-5(7-3)4-6-2;1-3-2/h5-6H,4H2,1-3H3;1-2H3. The molecule has 0 saturated heterocycles. The number of nitrogens with one attached hydrogen (secondary N) is 1. The Morgan fingerprint density at radius 1 is 1.30 bits per heavy atom. The van der Waals surface area contributed by atoms with Gasteiger partial charge in [0.15, 0.2) is 0 Å². The molecule has 0 fully saturated rings. The molecule has 0 amide bonds. The van der Waals surface area contributed by atoms with Crippen LogP contribution in [0.25, 0.3) is 0 Å². The summed E-state index contributed by atoms with van der Waals surface area (Å²) in [6.45, 7) is 2.95. The van der Waals surface area contributed by atoms with Crippen LogP contribution >= 0.6 is 0 Å². The minimum Gasteiger partial charge on any atom is -0.388 e. The third kappa shape index (κ3) is 15.7. The monoisotopic (exact) mass is 149 g/mol. The summed E-state index contributed by atoms with van der Waals surface area (Å²) >= 11 is 0. The molecule has 0 spiro atoms. The Hall–Kier alpha value is -0.120. The smallest absolute Gasteiger partial charge is 0.0667 e. The van der Waals surface area contributed by atoms with Crippen molar-refractivity contribution in [3.63, 3.8) is 0 Å². The van der Waals surface area contributed by atoms with E-state index in [1.807, 2.05) is 14.0 Å². The van der Waals surface area contributed by atoms with Gasteiger partial charge in [0.1, 0.15) is 0 Å². The first-order valence-corrected chi connectivity index (χ1v) is 3.30. The van der Waals surface area contributed by atoms with Gasteiger partial charge in [-0.25, -0.2) is 0 Å². The molecule has 1 unspecified atom stereocenters. The fourth-order valence-electron chi connectivity index (χ4n) is 0.371. The van der Waals surface area contributed by atoms with Crippen LogP contribution < -0.4 is 5.32 Å². The maximum absolute atomic E-state index is 4.93. The van der Waals surface area contributed by atoms with E-state index in [0.29, 0.717) is 6.10 Å². The third-order valence-electron chi connectivity index (χ3n) is 0.894. The van der Waals surface area contributed by atoms with Gasteiger partial charge in [0.2, 0.25) is 0 Å². The van der Waals surface area contributed by atoms with Gasteiger partial charge >= 0.3 is 0 Å². The topological polar surface area (TPSA) is 30.5 Å². The highest BCUT2D eigenvalue weighted by molar-refractivity contribution is 4.48. The van der Waals surface area contributed by atoms with Gasteiger partial charge in [0.25, 0.3) is 0 Å². The molecule has 0 saturated carbocycles. The maximum Gasteiger partial charge on any atom is 0.0667 e. The van der Waals surface area contributed by atoms with Crippen LogP contribution in [0.3, 0.4) is 0 Å². The molecule has 0 aromatic carbocycles. The van der Waals surface area contributed by atoms with Crippen molar-refractivity contribution < 1.29 is 9.47 Å². The Labute approximate surface area is 63.7 Å². The van der Waals surface area contributed by atoms with Gasteiger partial charge in [-0.3, -0.25) is 0 Å². The van der Waals surface area contributed by atoms with E-state index in [-0.39, 0.29) is 0 Å². The molecule has 3 heteroatoms. The zero-order valence-corrected chi connectivity index (χ0v) is 7.60. The fraction of sp³-hybridized carbons (Fsp3) is 1.00. The summed E-state index contributed by atoms with van der Waals surface area (Å²) in [6, 6.07) is 0. The normalized spacial score (nSPS) is 11.7. The molecule has 0 heterocycles. The van der Waals surface area contributed by atoms with Gasteiger partial charge < -0.3 is 14.8 Å². The van der Waals surface area contributed by atoms with E-state index in [9.17, 15) is 0 Å². The lowest BCUT2D eigenvalue weighted by Gasteiger charge is -2.05. The molecule has 0 radical (unpaired) electrons. The number of likely N-dealkylation sites (N-methyl/N-ethyl adjacent to an activating group) is 1. The second kappa shape index (κ2) is 11.6. The Bertz CT molecular complexity index is 50.9. The lowest BCUT2D eigenvalue weighted by Crippen LogP contribution is -2.21. The Morgan fingerprint density at radius 2 is 1.70 bits per heavy atom. The average Bonchev–Trinajstić information content (AvgIpc) is 1.90. The van der Waals surface area contributed by atoms with E-state index >= 15 is 0 Å². The van der Waals surface area contributed by atoms with Crippen molar-refractivity contribution in [2.24, 2.45) is 0 Å². The van der Waals surface area contributed by atoms with Gasteiger partial charge in [-0.1, -0.05) is 0 Å². The minimum atomic E-state index is 0.338. The summed E-state index contributed by atoms with van der Waals surface area (Å²) < 4.78 is 9.18. The van der Waals surface area contributed by atoms with Gasteiger partial charge in [0.05, 0.1) is 6.10 Å². The average molecular weight is 149 g/mol. The zero-order chi connectivity index (χ0) is 8.41. The first kappa shape index (κ1) is 12.5. The summed E-state index contributed by atoms with van der Waals surface area (Å²) in [4.78, 5) is 0. The molecule has 0 aliphatic heterocycles. The van der Waals surface area contributed by atoms with Crippen LogP contribution in [0.1, 0.15) is 6.92 Å². The highest BCUT2D eigenvalue weighted by Gasteiger charge is 1.92. The molecular formula is C7H19NO2. The van der Waals surface area contributed by atoms with Gasteiger partial charge in [-0.2, -0.15) is 0 Å². The van der Waals surface area contributed by atoms with E-state index in [1.165, 1.54) is 0 Å². The molecule has 1 N–H and O–H groups in total. The molecule has 0 aliphatic rings. The maximum atomic E-state index is 4.93. The van der Waals surface area contributed by atoms with Gasteiger partial charge in [-0.05, 0) is 14.0 Å². The van der Waals surface area contributed by atoms with Crippen LogP contribution in [0.2, 0.25) is 0 Å². The predicted octanol–water partition coefficient (Wildman–Crippen LogP) is 0.503. The molecule has 10 heavy (non-hydrogen) atoms. The van der Waals surface area contributed by atoms with E-state index in [1.54, 1.807) is 21.3 Å². The molecule has 3 nitrogen and oxygen atoms in total. The van der Waals surface area contributed by atoms with Crippen LogP contribution in [0, 0.1) is 0 Å². The second-order valence-corrected chi connectivity index (χ2v) is 2.01. The largest absolute Gasteiger partial charge is 0.388 e. The van der Waals surface area contributed by atoms with Crippen LogP contribution in [0.4, 0.5) is 0 Å². The van der Waals surface area contributed by atoms with Crippen molar-refractivity contribution >= 4 is 0 Å². The SMILES string of the molecule is CNCC(C)OC.COC. The quantitative estimate of drug-likeness (QED) is 0.634. The number of methoxy groups -OCH3 is 2. The van der Waals surface area contributed by atoms with Crippen molar-refractivity contribution in [3.05, 3.63) is 0 Å². The number of hydrogen-bond donors (Lipinski definition) is 1. The first-order chi connectivity index (χ1) is 4.72. The zero-order valence-electron chi connectivity index (χ0n) is 7.60. The van der Waals surface area contributed by atoms with Crippen molar-refractivity contribution in [1.29, 1.82) is 0 Å². The van der Waals surface area contributed by atoms with Crippen LogP contribution in [0.15, 0.2) is 0 Å². The van der Waals surface area contributed by atoms with Crippen LogP contribution in [-0.2, 0) is 9.47 Å². The summed E-state index contributed by atoms with van der Waals surface area (Å²) in [5, 5.41) is 2.99. The van der Waals surface area contributed by atoms with E-state index in [2.05, 4.69) is 10.1 Å². The van der Waals surface area contributed by atoms with Crippen molar-refractivity contribution in [3.8, 4) is 0 Å². The van der Waals surface area contributed by atoms with Crippen molar-refractivity contribution in [1.82, 2.24) is 5.32 Å². The van der Waals surface area contributed by atoms with Gasteiger partial charge in [0, 0.05) is 27.9 Å². The third-order valence-corrected chi connectivity index (χ3v) is 0.894. The summed E-state index contributed by atoms with van der Waals surface area (Å²) in [7, 11) is 6.87. The van der Waals surface area contributed by atoms with E-state index < -0.39 is 0 Å². The Balaban J connectivity index is 0. The minimum absolute atomic E-state index is 0.338. The summed E-state index contributed by atoms with van der Waals surface area (Å²) in [6.07, 6.45) is 0.338. The molecule has 0 bridgehead atoms. The first-order valence-electron chi connectivity index (χ1n) is 3.30. The molecule has 1 atom stereocenters. The molecule has 64 valence electrons. The number of hydrogen-bond acceptors (Lipinski definition) is 3. The molecule has 0 aromatic rings. The molecular weight excluding hydrogens is 130 g/mol. The molecule has 0 rings (SSSR count). The molecule has 0 aromatic heterocycles. The van der Waals surface area contributed by atoms with E-state index in [0.717, 1.165) is 6.54 Å². The van der Waals surface area contributed by atoms with Crippen LogP contribution in [0.5, 0.6) is 0 Å². The number of rotatable bonds is 3. The second-order valence-electron chi connectivity index (χ2n) is 2.01. The fourth-order valence-corrected chi connectivity index (χ4v) is 0.371. The highest BCUT2D eigenvalue weighted by atomic mass is 16.5.